The van der Waals surface area contributed by atoms with Crippen molar-refractivity contribution in [3.05, 3.63) is 53.6 Å². The number of hydrogen-bond acceptors (Lipinski definition) is 4. The van der Waals surface area contributed by atoms with Gasteiger partial charge >= 0.3 is 0 Å². The van der Waals surface area contributed by atoms with E-state index in [0.29, 0.717) is 5.75 Å². The number of thiocarbonyl (C=S) groups is 1. The van der Waals surface area contributed by atoms with E-state index in [-0.39, 0.29) is 17.6 Å². The van der Waals surface area contributed by atoms with E-state index in [1.165, 1.54) is 19.3 Å². The van der Waals surface area contributed by atoms with Crippen LogP contribution in [0.4, 0.5) is 11.4 Å². The van der Waals surface area contributed by atoms with Crippen LogP contribution in [-0.2, 0) is 4.79 Å². The van der Waals surface area contributed by atoms with Gasteiger partial charge in [-0.3, -0.25) is 10.1 Å². The molecule has 1 saturated heterocycles. The molecule has 0 aliphatic carbocycles. The normalized spacial score (nSPS) is 13.7. The molecule has 1 aliphatic heterocycles. The third-order valence-electron chi connectivity index (χ3n) is 5.02. The lowest BCUT2D eigenvalue weighted by Crippen LogP contribution is -2.38. The summed E-state index contributed by atoms with van der Waals surface area (Å²) >= 11 is 5.33. The van der Waals surface area contributed by atoms with Crippen LogP contribution in [0.3, 0.4) is 0 Å². The Balaban J connectivity index is 1.55. The fourth-order valence-corrected chi connectivity index (χ4v) is 3.55. The molecule has 0 saturated carbocycles. The van der Waals surface area contributed by atoms with Gasteiger partial charge < -0.3 is 15.0 Å². The molecule has 1 aliphatic rings. The van der Waals surface area contributed by atoms with Crippen molar-refractivity contribution < 1.29 is 9.53 Å². The summed E-state index contributed by atoms with van der Waals surface area (Å²) in [7, 11) is 0. The molecule has 0 bridgehead atoms. The number of carbonyl (C=O) groups is 1. The molecule has 3 rings (SSSR count). The number of rotatable bonds is 5. The maximum Gasteiger partial charge on any atom is 0.264 e. The van der Waals surface area contributed by atoms with E-state index in [2.05, 4.69) is 21.6 Å². The highest BCUT2D eigenvalue weighted by Gasteiger charge is 2.15. The van der Waals surface area contributed by atoms with Gasteiger partial charge in [-0.25, -0.2) is 0 Å². The topological polar surface area (TPSA) is 53.6 Å². The van der Waals surface area contributed by atoms with Gasteiger partial charge in [0.2, 0.25) is 0 Å². The quantitative estimate of drug-likeness (QED) is 0.741. The number of nitrogens with one attached hydrogen (secondary N) is 2. The van der Waals surface area contributed by atoms with E-state index in [9.17, 15) is 4.79 Å². The summed E-state index contributed by atoms with van der Waals surface area (Å²) in [5.41, 5.74) is 4.19. The van der Waals surface area contributed by atoms with Crippen LogP contribution in [0.1, 0.15) is 30.4 Å². The van der Waals surface area contributed by atoms with E-state index in [4.69, 9.17) is 17.0 Å². The smallest absolute Gasteiger partial charge is 0.264 e. The first-order chi connectivity index (χ1) is 13.5. The monoisotopic (exact) mass is 397 g/mol. The molecule has 0 spiro atoms. The maximum absolute atomic E-state index is 12.2. The molecular formula is C22H27N3O2S. The van der Waals surface area contributed by atoms with Gasteiger partial charge in [-0.05, 0) is 74.7 Å². The van der Waals surface area contributed by atoms with Gasteiger partial charge in [0, 0.05) is 13.1 Å². The summed E-state index contributed by atoms with van der Waals surface area (Å²) < 4.78 is 5.64. The number of aryl methyl sites for hydroxylation is 1. The number of amides is 1. The number of para-hydroxylation sites is 2. The Kier molecular flexibility index (Phi) is 6.87. The summed E-state index contributed by atoms with van der Waals surface area (Å²) in [5, 5.41) is 6.14. The molecular weight excluding hydrogens is 370 g/mol. The first-order valence-electron chi connectivity index (χ1n) is 9.68. The van der Waals surface area contributed by atoms with E-state index in [1.54, 1.807) is 0 Å². The van der Waals surface area contributed by atoms with E-state index < -0.39 is 0 Å². The fourth-order valence-electron chi connectivity index (χ4n) is 3.33. The summed E-state index contributed by atoms with van der Waals surface area (Å²) in [5.74, 6) is 0.429. The zero-order chi connectivity index (χ0) is 19.9. The molecule has 5 nitrogen and oxygen atoms in total. The van der Waals surface area contributed by atoms with Crippen molar-refractivity contribution in [3.8, 4) is 5.75 Å². The minimum absolute atomic E-state index is 0.0834. The van der Waals surface area contributed by atoms with Crippen LogP contribution in [0.25, 0.3) is 0 Å². The van der Waals surface area contributed by atoms with Gasteiger partial charge in [0.1, 0.15) is 5.75 Å². The van der Waals surface area contributed by atoms with Crippen LogP contribution in [-0.4, -0.2) is 30.7 Å². The first kappa shape index (κ1) is 20.1. The highest BCUT2D eigenvalue weighted by Crippen LogP contribution is 2.28. The second-order valence-corrected chi connectivity index (χ2v) is 7.46. The lowest BCUT2D eigenvalue weighted by molar-refractivity contribution is -0.121. The fraction of sp³-hybridized carbons (Fsp3) is 0.364. The van der Waals surface area contributed by atoms with Crippen LogP contribution < -0.4 is 20.3 Å². The number of nitrogens with zero attached hydrogens (tertiary/aromatic N) is 1. The molecule has 1 fully saturated rings. The zero-order valence-corrected chi connectivity index (χ0v) is 17.3. The van der Waals surface area contributed by atoms with Gasteiger partial charge in [-0.2, -0.15) is 0 Å². The number of carbonyl (C=O) groups excluding carboxylic acids is 1. The predicted octanol–water partition coefficient (Wildman–Crippen LogP) is 4.19. The molecule has 0 aromatic heterocycles. The third-order valence-corrected chi connectivity index (χ3v) is 5.22. The van der Waals surface area contributed by atoms with Gasteiger partial charge in [0.25, 0.3) is 5.91 Å². The minimum atomic E-state index is -0.283. The van der Waals surface area contributed by atoms with Crippen molar-refractivity contribution in [1.29, 1.82) is 0 Å². The Hall–Kier alpha value is -2.60. The van der Waals surface area contributed by atoms with Crippen molar-refractivity contribution in [2.45, 2.75) is 33.1 Å². The van der Waals surface area contributed by atoms with Gasteiger partial charge in [0.05, 0.1) is 11.4 Å². The Bertz CT molecular complexity index is 847. The van der Waals surface area contributed by atoms with Crippen LogP contribution in [0.15, 0.2) is 42.5 Å². The second kappa shape index (κ2) is 9.55. The molecule has 148 valence electrons. The summed E-state index contributed by atoms with van der Waals surface area (Å²) in [6.07, 6.45) is 3.68. The van der Waals surface area contributed by atoms with Gasteiger partial charge in [-0.15, -0.1) is 0 Å². The van der Waals surface area contributed by atoms with Crippen LogP contribution in [0.5, 0.6) is 5.75 Å². The van der Waals surface area contributed by atoms with Crippen molar-refractivity contribution in [2.24, 2.45) is 0 Å². The zero-order valence-electron chi connectivity index (χ0n) is 16.5. The Morgan fingerprint density at radius 1 is 1.07 bits per heavy atom. The molecule has 2 aromatic carbocycles. The lowest BCUT2D eigenvalue weighted by atomic mass is 10.1. The molecule has 2 N–H and O–H groups in total. The second-order valence-electron chi connectivity index (χ2n) is 7.05. The molecule has 1 heterocycles. The molecule has 2 aromatic rings. The third kappa shape index (κ3) is 5.23. The number of piperidine rings is 1. The number of benzene rings is 2. The van der Waals surface area contributed by atoms with Crippen LogP contribution in [0, 0.1) is 13.8 Å². The van der Waals surface area contributed by atoms with E-state index in [1.807, 2.05) is 50.2 Å². The largest absolute Gasteiger partial charge is 0.483 e. The van der Waals surface area contributed by atoms with Crippen molar-refractivity contribution >= 4 is 34.6 Å². The van der Waals surface area contributed by atoms with Gasteiger partial charge in [-0.1, -0.05) is 24.3 Å². The molecule has 6 heteroatoms. The Morgan fingerprint density at radius 2 is 1.82 bits per heavy atom. The lowest BCUT2D eigenvalue weighted by Gasteiger charge is -2.30. The Morgan fingerprint density at radius 3 is 2.61 bits per heavy atom. The summed E-state index contributed by atoms with van der Waals surface area (Å²) in [6.45, 7) is 6.00. The highest BCUT2D eigenvalue weighted by atomic mass is 32.1. The van der Waals surface area contributed by atoms with E-state index >= 15 is 0 Å². The number of anilines is 2. The maximum atomic E-state index is 12.2. The average molecular weight is 398 g/mol. The van der Waals surface area contributed by atoms with Crippen molar-refractivity contribution in [2.75, 3.05) is 29.9 Å². The molecule has 0 atom stereocenters. The van der Waals surface area contributed by atoms with E-state index in [0.717, 1.165) is 35.6 Å². The Labute approximate surface area is 172 Å². The van der Waals surface area contributed by atoms with Crippen LogP contribution >= 0.6 is 12.2 Å². The SMILES string of the molecule is Cc1cccc(OCC(=O)NC(=S)Nc2ccccc2N2CCCCC2)c1C. The highest BCUT2D eigenvalue weighted by molar-refractivity contribution is 7.80. The predicted molar refractivity (Wildman–Crippen MR) is 118 cm³/mol. The van der Waals surface area contributed by atoms with Crippen LogP contribution in [0.2, 0.25) is 0 Å². The minimum Gasteiger partial charge on any atom is -0.483 e. The molecule has 28 heavy (non-hydrogen) atoms. The molecule has 0 radical (unpaired) electrons. The number of ether oxygens (including phenoxy) is 1. The average Bonchev–Trinajstić information content (AvgIpc) is 2.70. The summed E-state index contributed by atoms with van der Waals surface area (Å²) in [4.78, 5) is 14.6. The summed E-state index contributed by atoms with van der Waals surface area (Å²) in [6, 6.07) is 13.8. The molecule has 1 amide bonds. The molecule has 0 unspecified atom stereocenters. The van der Waals surface area contributed by atoms with Crippen molar-refractivity contribution in [3.63, 3.8) is 0 Å². The number of hydrogen-bond donors (Lipinski definition) is 2. The van der Waals surface area contributed by atoms with Gasteiger partial charge in [0.15, 0.2) is 11.7 Å². The first-order valence-corrected chi connectivity index (χ1v) is 10.1. The van der Waals surface area contributed by atoms with Crippen molar-refractivity contribution in [1.82, 2.24) is 5.32 Å². The standard InChI is InChI=1S/C22H27N3O2S/c1-16-9-8-12-20(17(16)2)27-15-21(26)24-22(28)23-18-10-4-5-11-19(18)25-13-6-3-7-14-25/h4-5,8-12H,3,6-7,13-15H2,1-2H3,(H2,23,24,26,28).